The Hall–Kier alpha value is -2.08. The molecule has 0 aliphatic rings. The zero-order chi connectivity index (χ0) is 15.7. The minimum Gasteiger partial charge on any atom is -0.493 e. The summed E-state index contributed by atoms with van der Waals surface area (Å²) in [5.41, 5.74) is 0.479. The van der Waals surface area contributed by atoms with Gasteiger partial charge in [0.25, 0.3) is 5.91 Å². The predicted octanol–water partition coefficient (Wildman–Crippen LogP) is 1.65. The van der Waals surface area contributed by atoms with Gasteiger partial charge in [-0.15, -0.1) is 0 Å². The largest absolute Gasteiger partial charge is 0.493 e. The molecule has 0 saturated heterocycles. The van der Waals surface area contributed by atoms with E-state index in [4.69, 9.17) is 14.6 Å². The van der Waals surface area contributed by atoms with Crippen LogP contribution in [-0.4, -0.2) is 55.8 Å². The zero-order valence-electron chi connectivity index (χ0n) is 12.4. The number of benzene rings is 1. The average molecular weight is 295 g/mol. The molecule has 0 bridgehead atoms. The normalized spacial score (nSPS) is 10.2. The Balaban J connectivity index is 2.57. The van der Waals surface area contributed by atoms with E-state index in [1.807, 2.05) is 0 Å². The molecule has 0 radical (unpaired) electrons. The van der Waals surface area contributed by atoms with E-state index in [9.17, 15) is 9.59 Å². The molecule has 0 unspecified atom stereocenters. The molecule has 1 aromatic carbocycles. The van der Waals surface area contributed by atoms with Gasteiger partial charge in [-0.3, -0.25) is 9.59 Å². The lowest BCUT2D eigenvalue weighted by atomic mass is 10.2. The number of carboxylic acids is 1. The van der Waals surface area contributed by atoms with Crippen LogP contribution in [0.3, 0.4) is 0 Å². The maximum absolute atomic E-state index is 12.1. The molecule has 1 rings (SSSR count). The molecular formula is C15H21NO5. The minimum atomic E-state index is -0.926. The van der Waals surface area contributed by atoms with Crippen molar-refractivity contribution in [2.75, 3.05) is 33.9 Å². The first-order valence-electron chi connectivity index (χ1n) is 6.73. The predicted molar refractivity (Wildman–Crippen MR) is 77.6 cm³/mol. The van der Waals surface area contributed by atoms with Gasteiger partial charge in [0.05, 0.1) is 13.0 Å². The summed E-state index contributed by atoms with van der Waals surface area (Å²) in [5, 5.41) is 8.63. The molecule has 0 atom stereocenters. The topological polar surface area (TPSA) is 76.1 Å². The Morgan fingerprint density at radius 1 is 1.29 bits per heavy atom. The number of hydrogen-bond acceptors (Lipinski definition) is 4. The summed E-state index contributed by atoms with van der Waals surface area (Å²) < 4.78 is 10.5. The summed E-state index contributed by atoms with van der Waals surface area (Å²) in [7, 11) is 3.21. The highest BCUT2D eigenvalue weighted by Crippen LogP contribution is 2.15. The maximum Gasteiger partial charge on any atom is 0.305 e. The fraction of sp³-hybridized carbons (Fsp3) is 0.467. The molecular weight excluding hydrogens is 274 g/mol. The van der Waals surface area contributed by atoms with E-state index in [0.717, 1.165) is 6.42 Å². The van der Waals surface area contributed by atoms with Gasteiger partial charge in [0, 0.05) is 39.3 Å². The molecule has 0 heterocycles. The minimum absolute atomic E-state index is 0.0740. The summed E-state index contributed by atoms with van der Waals surface area (Å²) in [5.74, 6) is -0.535. The number of hydrogen-bond donors (Lipinski definition) is 1. The smallest absolute Gasteiger partial charge is 0.305 e. The average Bonchev–Trinajstić information content (AvgIpc) is 2.48. The van der Waals surface area contributed by atoms with Crippen molar-refractivity contribution in [3.05, 3.63) is 29.8 Å². The number of nitrogens with zero attached hydrogens (tertiary/aromatic N) is 1. The molecule has 6 heteroatoms. The van der Waals surface area contributed by atoms with Crippen LogP contribution in [0.2, 0.25) is 0 Å². The molecule has 0 aromatic heterocycles. The van der Waals surface area contributed by atoms with Gasteiger partial charge in [0.15, 0.2) is 0 Å². The van der Waals surface area contributed by atoms with Gasteiger partial charge in [-0.2, -0.15) is 0 Å². The third-order valence-corrected chi connectivity index (χ3v) is 2.85. The summed E-state index contributed by atoms with van der Waals surface area (Å²) in [4.78, 5) is 24.1. The molecule has 0 fully saturated rings. The number of ether oxygens (including phenoxy) is 2. The highest BCUT2D eigenvalue weighted by Gasteiger charge is 2.13. The number of aliphatic carboxylic acids is 1. The lowest BCUT2D eigenvalue weighted by Crippen LogP contribution is -2.29. The first-order valence-corrected chi connectivity index (χ1v) is 6.73. The molecule has 0 saturated carbocycles. The molecule has 0 aliphatic heterocycles. The Kier molecular flexibility index (Phi) is 7.25. The fourth-order valence-electron chi connectivity index (χ4n) is 1.70. The third kappa shape index (κ3) is 6.27. The van der Waals surface area contributed by atoms with Crippen molar-refractivity contribution >= 4 is 11.9 Å². The van der Waals surface area contributed by atoms with Crippen LogP contribution in [0.5, 0.6) is 5.75 Å². The van der Waals surface area contributed by atoms with Crippen LogP contribution in [0.15, 0.2) is 24.3 Å². The van der Waals surface area contributed by atoms with Gasteiger partial charge in [0.2, 0.25) is 0 Å². The van der Waals surface area contributed by atoms with Crippen molar-refractivity contribution in [2.45, 2.75) is 12.8 Å². The number of carbonyl (C=O) groups is 2. The van der Waals surface area contributed by atoms with E-state index >= 15 is 0 Å². The fourth-order valence-corrected chi connectivity index (χ4v) is 1.70. The summed E-state index contributed by atoms with van der Waals surface area (Å²) in [6.45, 7) is 1.31. The highest BCUT2D eigenvalue weighted by atomic mass is 16.5. The number of amides is 1. The summed E-state index contributed by atoms with van der Waals surface area (Å²) >= 11 is 0. The van der Waals surface area contributed by atoms with Crippen LogP contribution >= 0.6 is 0 Å². The second-order valence-electron chi connectivity index (χ2n) is 4.59. The van der Waals surface area contributed by atoms with Crippen LogP contribution in [0.4, 0.5) is 0 Å². The Bertz CT molecular complexity index is 475. The van der Waals surface area contributed by atoms with E-state index in [1.165, 1.54) is 4.90 Å². The lowest BCUT2D eigenvalue weighted by Gasteiger charge is -2.16. The molecule has 1 N–H and O–H groups in total. The second-order valence-corrected chi connectivity index (χ2v) is 4.59. The monoisotopic (exact) mass is 295 g/mol. The van der Waals surface area contributed by atoms with E-state index in [1.54, 1.807) is 38.4 Å². The van der Waals surface area contributed by atoms with E-state index in [2.05, 4.69) is 0 Å². The van der Waals surface area contributed by atoms with Crippen LogP contribution < -0.4 is 4.74 Å². The van der Waals surface area contributed by atoms with Gasteiger partial charge < -0.3 is 19.5 Å². The third-order valence-electron chi connectivity index (χ3n) is 2.85. The molecule has 116 valence electrons. The van der Waals surface area contributed by atoms with Crippen LogP contribution in [0.1, 0.15) is 23.2 Å². The van der Waals surface area contributed by atoms with E-state index < -0.39 is 5.97 Å². The SMILES string of the molecule is COCCCOc1cccc(C(=O)N(C)CCC(=O)O)c1. The first kappa shape index (κ1) is 17.0. The Morgan fingerprint density at radius 3 is 2.71 bits per heavy atom. The zero-order valence-corrected chi connectivity index (χ0v) is 12.4. The van der Waals surface area contributed by atoms with Gasteiger partial charge >= 0.3 is 5.97 Å². The van der Waals surface area contributed by atoms with Gasteiger partial charge in [-0.05, 0) is 18.2 Å². The highest BCUT2D eigenvalue weighted by molar-refractivity contribution is 5.94. The van der Waals surface area contributed by atoms with Crippen molar-refractivity contribution < 1.29 is 24.2 Å². The van der Waals surface area contributed by atoms with E-state index in [-0.39, 0.29) is 18.9 Å². The van der Waals surface area contributed by atoms with Crippen molar-refractivity contribution in [1.29, 1.82) is 0 Å². The molecule has 21 heavy (non-hydrogen) atoms. The second kappa shape index (κ2) is 8.97. The number of methoxy groups -OCH3 is 1. The van der Waals surface area contributed by atoms with Crippen molar-refractivity contribution in [1.82, 2.24) is 4.90 Å². The van der Waals surface area contributed by atoms with Crippen molar-refractivity contribution in [3.63, 3.8) is 0 Å². The quantitative estimate of drug-likeness (QED) is 0.701. The Morgan fingerprint density at radius 2 is 2.05 bits per heavy atom. The van der Waals surface area contributed by atoms with Crippen molar-refractivity contribution in [3.8, 4) is 5.75 Å². The van der Waals surface area contributed by atoms with Gasteiger partial charge in [-0.1, -0.05) is 6.07 Å². The molecule has 0 spiro atoms. The first-order chi connectivity index (χ1) is 10.0. The van der Waals surface area contributed by atoms with E-state index in [0.29, 0.717) is 24.5 Å². The molecule has 1 amide bonds. The van der Waals surface area contributed by atoms with Crippen LogP contribution in [-0.2, 0) is 9.53 Å². The Labute approximate surface area is 124 Å². The van der Waals surface area contributed by atoms with Crippen LogP contribution in [0, 0.1) is 0 Å². The lowest BCUT2D eigenvalue weighted by molar-refractivity contribution is -0.137. The summed E-state index contributed by atoms with van der Waals surface area (Å²) in [6.07, 6.45) is 0.697. The molecule has 0 aliphatic carbocycles. The van der Waals surface area contributed by atoms with Gasteiger partial charge in [-0.25, -0.2) is 0 Å². The summed E-state index contributed by atoms with van der Waals surface area (Å²) in [6, 6.07) is 6.86. The standard InChI is InChI=1S/C15H21NO5/c1-16(8-7-14(17)18)15(19)12-5-3-6-13(11-12)21-10-4-9-20-2/h3,5-6,11H,4,7-10H2,1-2H3,(H,17,18). The van der Waals surface area contributed by atoms with Crippen LogP contribution in [0.25, 0.3) is 0 Å². The number of rotatable bonds is 9. The molecule has 6 nitrogen and oxygen atoms in total. The molecule has 1 aromatic rings. The van der Waals surface area contributed by atoms with Crippen molar-refractivity contribution in [2.24, 2.45) is 0 Å². The number of carbonyl (C=O) groups excluding carboxylic acids is 1. The maximum atomic E-state index is 12.1. The van der Waals surface area contributed by atoms with Gasteiger partial charge in [0.1, 0.15) is 5.75 Å². The number of carboxylic acid groups (broad SMARTS) is 1.